The van der Waals surface area contributed by atoms with Crippen molar-refractivity contribution in [2.24, 2.45) is 0 Å². The molecular weight excluding hydrogens is 280 g/mol. The van der Waals surface area contributed by atoms with Crippen LogP contribution in [0.1, 0.15) is 43.7 Å². The highest BCUT2D eigenvalue weighted by Gasteiger charge is 1.91. The number of hydrogen-bond acceptors (Lipinski definition) is 1. The molecule has 0 unspecified atom stereocenters. The first-order valence-corrected chi connectivity index (χ1v) is 8.33. The van der Waals surface area contributed by atoms with Gasteiger partial charge < -0.3 is 4.74 Å². The molecule has 0 amide bonds. The van der Waals surface area contributed by atoms with Gasteiger partial charge in [0.15, 0.2) is 0 Å². The summed E-state index contributed by atoms with van der Waals surface area (Å²) in [6, 6.07) is 18.0. The van der Waals surface area contributed by atoms with Crippen LogP contribution in [0, 0.1) is 0 Å². The van der Waals surface area contributed by atoms with Crippen molar-refractivity contribution >= 4 is 12.2 Å². The summed E-state index contributed by atoms with van der Waals surface area (Å²) in [7, 11) is 0. The van der Waals surface area contributed by atoms with Crippen LogP contribution in [0.5, 0.6) is 5.75 Å². The van der Waals surface area contributed by atoms with Gasteiger partial charge in [-0.25, -0.2) is 0 Å². The topological polar surface area (TPSA) is 9.23 Å². The number of benzene rings is 2. The molecule has 1 heteroatoms. The predicted octanol–water partition coefficient (Wildman–Crippen LogP) is 6.62. The molecule has 2 aromatic rings. The molecule has 0 saturated heterocycles. The minimum atomic E-state index is 0.851. The Morgan fingerprint density at radius 1 is 0.783 bits per heavy atom. The fraction of sp³-hybridized carbons (Fsp3) is 0.273. The smallest absolute Gasteiger partial charge is 0.119 e. The first-order valence-electron chi connectivity index (χ1n) is 8.33. The average molecular weight is 308 g/mol. The van der Waals surface area contributed by atoms with Gasteiger partial charge in [0, 0.05) is 0 Å². The Hall–Kier alpha value is -2.28. The minimum absolute atomic E-state index is 0.851. The molecule has 0 aliphatic heterocycles. The first kappa shape index (κ1) is 18.8. The molecule has 0 radical (unpaired) electrons. The van der Waals surface area contributed by atoms with E-state index in [0.29, 0.717) is 0 Å². The van der Waals surface area contributed by atoms with Crippen molar-refractivity contribution in [3.05, 3.63) is 78.9 Å². The van der Waals surface area contributed by atoms with E-state index >= 15 is 0 Å². The Kier molecular flexibility index (Phi) is 10.0. The lowest BCUT2D eigenvalue weighted by molar-refractivity contribution is 0.305. The molecule has 0 bridgehead atoms. The quantitative estimate of drug-likeness (QED) is 0.498. The highest BCUT2D eigenvalue weighted by atomic mass is 16.5. The Balaban J connectivity index is 0.000000238. The van der Waals surface area contributed by atoms with Crippen molar-refractivity contribution in [3.63, 3.8) is 0 Å². The second-order valence-electron chi connectivity index (χ2n) is 5.26. The van der Waals surface area contributed by atoms with E-state index in [1.807, 2.05) is 66.7 Å². The lowest BCUT2D eigenvalue weighted by Crippen LogP contribution is -1.96. The summed E-state index contributed by atoms with van der Waals surface area (Å²) in [5.74, 6) is 0.985. The van der Waals surface area contributed by atoms with Gasteiger partial charge in [-0.1, -0.05) is 94.0 Å². The molecule has 0 aromatic heterocycles. The number of hydrogen-bond donors (Lipinski definition) is 0. The Labute approximate surface area is 141 Å². The first-order chi connectivity index (χ1) is 11.3. The van der Waals surface area contributed by atoms with Crippen molar-refractivity contribution in [1.29, 1.82) is 0 Å². The molecular formula is C22H28O. The third-order valence-electron chi connectivity index (χ3n) is 3.45. The van der Waals surface area contributed by atoms with Crippen LogP contribution in [0.2, 0.25) is 0 Å². The van der Waals surface area contributed by atoms with Crippen LogP contribution in [0.3, 0.4) is 0 Å². The maximum atomic E-state index is 5.55. The molecule has 0 saturated carbocycles. The summed E-state index contributed by atoms with van der Waals surface area (Å²) < 4.78 is 5.55. The van der Waals surface area contributed by atoms with Crippen LogP contribution >= 0.6 is 0 Å². The highest BCUT2D eigenvalue weighted by molar-refractivity contribution is 5.63. The zero-order valence-corrected chi connectivity index (χ0v) is 14.2. The van der Waals surface area contributed by atoms with Gasteiger partial charge >= 0.3 is 0 Å². The van der Waals surface area contributed by atoms with E-state index in [9.17, 15) is 0 Å². The summed E-state index contributed by atoms with van der Waals surface area (Å²) in [5.41, 5.74) is 2.27. The molecule has 0 fully saturated rings. The normalized spacial score (nSPS) is 9.43. The number of rotatable bonds is 8. The van der Waals surface area contributed by atoms with Crippen molar-refractivity contribution in [3.8, 4) is 5.75 Å². The van der Waals surface area contributed by atoms with Crippen LogP contribution < -0.4 is 4.74 Å². The molecule has 0 N–H and O–H groups in total. The highest BCUT2D eigenvalue weighted by Crippen LogP contribution is 2.10. The standard InChI is InChI=1S/C12H18O.C10H10/c1-2-3-4-8-11-13-12-9-6-5-7-10-12;1-3-9-7-5-6-8-10(9)4-2/h5-7,9-10H,2-4,8,11H2,1H3;3-8H,1-2H2. The van der Waals surface area contributed by atoms with E-state index < -0.39 is 0 Å². The van der Waals surface area contributed by atoms with E-state index in [-0.39, 0.29) is 0 Å². The van der Waals surface area contributed by atoms with E-state index in [2.05, 4.69) is 20.1 Å². The largest absolute Gasteiger partial charge is 0.494 e. The third-order valence-corrected chi connectivity index (χ3v) is 3.45. The summed E-state index contributed by atoms with van der Waals surface area (Å²) in [4.78, 5) is 0. The van der Waals surface area contributed by atoms with Crippen LogP contribution in [-0.4, -0.2) is 6.61 Å². The molecule has 1 nitrogen and oxygen atoms in total. The number of ether oxygens (including phenoxy) is 1. The lowest BCUT2D eigenvalue weighted by Gasteiger charge is -2.04. The fourth-order valence-electron chi connectivity index (χ4n) is 2.12. The minimum Gasteiger partial charge on any atom is -0.494 e. The van der Waals surface area contributed by atoms with Crippen LogP contribution in [-0.2, 0) is 0 Å². The van der Waals surface area contributed by atoms with Gasteiger partial charge in [0.2, 0.25) is 0 Å². The van der Waals surface area contributed by atoms with Gasteiger partial charge in [0.1, 0.15) is 5.75 Å². The van der Waals surface area contributed by atoms with Crippen molar-refractivity contribution in [2.75, 3.05) is 6.61 Å². The van der Waals surface area contributed by atoms with E-state index in [0.717, 1.165) is 23.5 Å². The monoisotopic (exact) mass is 308 g/mol. The summed E-state index contributed by atoms with van der Waals surface area (Å²) in [5, 5.41) is 0. The Morgan fingerprint density at radius 3 is 1.87 bits per heavy atom. The SMILES string of the molecule is C=Cc1ccccc1C=C.CCCCCCOc1ccccc1. The number of unbranched alkanes of at least 4 members (excludes halogenated alkanes) is 3. The van der Waals surface area contributed by atoms with E-state index in [1.54, 1.807) is 0 Å². The molecule has 0 aliphatic rings. The van der Waals surface area contributed by atoms with Crippen molar-refractivity contribution in [2.45, 2.75) is 32.6 Å². The third kappa shape index (κ3) is 8.06. The average Bonchev–Trinajstić information content (AvgIpc) is 2.63. The van der Waals surface area contributed by atoms with Crippen molar-refractivity contribution in [1.82, 2.24) is 0 Å². The van der Waals surface area contributed by atoms with Gasteiger partial charge in [-0.3, -0.25) is 0 Å². The van der Waals surface area contributed by atoms with Gasteiger partial charge in [-0.2, -0.15) is 0 Å². The molecule has 0 atom stereocenters. The predicted molar refractivity (Wildman–Crippen MR) is 103 cm³/mol. The van der Waals surface area contributed by atoms with Crippen LogP contribution in [0.15, 0.2) is 67.8 Å². The lowest BCUT2D eigenvalue weighted by atomic mass is 10.1. The zero-order chi connectivity index (χ0) is 16.8. The molecule has 0 aliphatic carbocycles. The van der Waals surface area contributed by atoms with Crippen LogP contribution in [0.25, 0.3) is 12.2 Å². The summed E-state index contributed by atoms with van der Waals surface area (Å²) >= 11 is 0. The fourth-order valence-corrected chi connectivity index (χ4v) is 2.12. The summed E-state index contributed by atoms with van der Waals surface area (Å²) in [6.07, 6.45) is 8.71. The Bertz CT molecular complexity index is 530. The molecule has 122 valence electrons. The van der Waals surface area contributed by atoms with E-state index in [1.165, 1.54) is 25.7 Å². The van der Waals surface area contributed by atoms with E-state index in [4.69, 9.17) is 4.74 Å². The Morgan fingerprint density at radius 2 is 1.35 bits per heavy atom. The molecule has 0 heterocycles. The maximum absolute atomic E-state index is 5.55. The van der Waals surface area contributed by atoms with Gasteiger partial charge in [0.05, 0.1) is 6.61 Å². The van der Waals surface area contributed by atoms with Gasteiger partial charge in [-0.15, -0.1) is 0 Å². The zero-order valence-electron chi connectivity index (χ0n) is 14.2. The molecule has 2 aromatic carbocycles. The van der Waals surface area contributed by atoms with Gasteiger partial charge in [-0.05, 0) is 29.7 Å². The maximum Gasteiger partial charge on any atom is 0.119 e. The van der Waals surface area contributed by atoms with Crippen molar-refractivity contribution < 1.29 is 4.74 Å². The second-order valence-corrected chi connectivity index (χ2v) is 5.26. The second kappa shape index (κ2) is 12.3. The van der Waals surface area contributed by atoms with Gasteiger partial charge in [0.25, 0.3) is 0 Å². The summed E-state index contributed by atoms with van der Waals surface area (Å²) in [6.45, 7) is 10.5. The molecule has 0 spiro atoms. The molecule has 2 rings (SSSR count). The number of para-hydroxylation sites is 1. The molecule has 23 heavy (non-hydrogen) atoms. The van der Waals surface area contributed by atoms with Crippen LogP contribution in [0.4, 0.5) is 0 Å².